The highest BCUT2D eigenvalue weighted by Crippen LogP contribution is 2.25. The first-order valence-corrected chi connectivity index (χ1v) is 11.7. The highest BCUT2D eigenvalue weighted by atomic mass is 32.2. The minimum absolute atomic E-state index is 0.198. The first-order chi connectivity index (χ1) is 14.3. The molecule has 1 aromatic carbocycles. The van der Waals surface area contributed by atoms with E-state index in [0.29, 0.717) is 17.1 Å². The van der Waals surface area contributed by atoms with Crippen LogP contribution in [0.3, 0.4) is 0 Å². The summed E-state index contributed by atoms with van der Waals surface area (Å²) >= 11 is 3.03. The maximum absolute atomic E-state index is 12.8. The summed E-state index contributed by atoms with van der Waals surface area (Å²) in [5.74, 6) is 0.524. The number of fused-ring (bicyclic) bond motifs is 1. The van der Waals surface area contributed by atoms with Gasteiger partial charge < -0.3 is 10.1 Å². The number of hydrogen-bond donors (Lipinski definition) is 2. The van der Waals surface area contributed by atoms with E-state index in [1.165, 1.54) is 11.3 Å². The average Bonchev–Trinajstić information content (AvgIpc) is 3.24. The van der Waals surface area contributed by atoms with Crippen molar-refractivity contribution < 1.29 is 14.3 Å². The molecule has 1 unspecified atom stereocenters. The summed E-state index contributed by atoms with van der Waals surface area (Å²) in [5, 5.41) is 11.8. The summed E-state index contributed by atoms with van der Waals surface area (Å²) in [6, 6.07) is 9.10. The number of nitrogens with one attached hydrogen (secondary N) is 2. The summed E-state index contributed by atoms with van der Waals surface area (Å²) in [7, 11) is 0. The monoisotopic (exact) mass is 447 g/mol. The van der Waals surface area contributed by atoms with Crippen molar-refractivity contribution in [2.45, 2.75) is 38.8 Å². The highest BCUT2D eigenvalue weighted by molar-refractivity contribution is 7.98. The van der Waals surface area contributed by atoms with Crippen molar-refractivity contribution in [1.82, 2.24) is 19.9 Å². The number of thioether (sulfide) groups is 1. The van der Waals surface area contributed by atoms with Crippen molar-refractivity contribution >= 4 is 46.0 Å². The van der Waals surface area contributed by atoms with Crippen LogP contribution in [0.15, 0.2) is 35.7 Å². The molecule has 3 rings (SSSR count). The van der Waals surface area contributed by atoms with Crippen molar-refractivity contribution in [3.8, 4) is 11.3 Å². The van der Waals surface area contributed by atoms with Crippen molar-refractivity contribution in [2.75, 3.05) is 17.3 Å². The molecule has 0 aliphatic carbocycles. The van der Waals surface area contributed by atoms with Gasteiger partial charge in [-0.3, -0.25) is 10.1 Å². The fraction of sp³-hybridized carbons (Fsp3) is 0.400. The standard InChI is InChI=1S/C20H25N5O3S2/c1-20(2,3)28-19(27)21-14(10-11-29-4)16(26)22-17-23-18-25(24-17)15(12-30-18)13-8-6-5-7-9-13/h5-9,12,14H,10-11H2,1-4H3,(H,21,27)(H,22,24,26). The Bertz CT molecular complexity index is 1010. The van der Waals surface area contributed by atoms with E-state index in [1.54, 1.807) is 37.0 Å². The molecule has 2 heterocycles. The maximum atomic E-state index is 12.8. The molecule has 0 fully saturated rings. The fourth-order valence-corrected chi connectivity index (χ4v) is 4.00. The van der Waals surface area contributed by atoms with E-state index in [4.69, 9.17) is 4.74 Å². The second kappa shape index (κ2) is 9.48. The van der Waals surface area contributed by atoms with Gasteiger partial charge in [0.05, 0.1) is 5.69 Å². The van der Waals surface area contributed by atoms with Crippen LogP contribution in [0.2, 0.25) is 0 Å². The molecule has 0 saturated heterocycles. The zero-order valence-corrected chi connectivity index (χ0v) is 19.0. The Morgan fingerprint density at radius 1 is 1.27 bits per heavy atom. The van der Waals surface area contributed by atoms with Crippen molar-refractivity contribution in [3.05, 3.63) is 35.7 Å². The zero-order chi connectivity index (χ0) is 21.7. The number of alkyl carbamates (subject to hydrolysis) is 1. The smallest absolute Gasteiger partial charge is 0.408 e. The molecule has 2 amide bonds. The third-order valence-electron chi connectivity index (χ3n) is 4.00. The number of hydrogen-bond acceptors (Lipinski definition) is 7. The molecular formula is C20H25N5O3S2. The van der Waals surface area contributed by atoms with Crippen LogP contribution in [0.1, 0.15) is 27.2 Å². The third kappa shape index (κ3) is 5.73. The Kier molecular flexibility index (Phi) is 6.99. The molecule has 10 heteroatoms. The first kappa shape index (κ1) is 22.1. The van der Waals surface area contributed by atoms with Crippen LogP contribution >= 0.6 is 23.1 Å². The van der Waals surface area contributed by atoms with Gasteiger partial charge in [-0.2, -0.15) is 16.7 Å². The molecule has 0 bridgehead atoms. The Hall–Kier alpha value is -2.59. The molecular weight excluding hydrogens is 422 g/mol. The number of rotatable bonds is 7. The van der Waals surface area contributed by atoms with Crippen LogP contribution in [-0.2, 0) is 9.53 Å². The predicted molar refractivity (Wildman–Crippen MR) is 121 cm³/mol. The van der Waals surface area contributed by atoms with Crippen molar-refractivity contribution in [1.29, 1.82) is 0 Å². The van der Waals surface area contributed by atoms with Crippen LogP contribution in [0, 0.1) is 0 Å². The van der Waals surface area contributed by atoms with Gasteiger partial charge in [-0.1, -0.05) is 30.3 Å². The highest BCUT2D eigenvalue weighted by Gasteiger charge is 2.25. The summed E-state index contributed by atoms with van der Waals surface area (Å²) in [5.41, 5.74) is 1.26. The number of nitrogens with zero attached hydrogens (tertiary/aromatic N) is 3. The summed E-state index contributed by atoms with van der Waals surface area (Å²) < 4.78 is 6.98. The minimum atomic E-state index is -0.748. The number of ether oxygens (including phenoxy) is 1. The lowest BCUT2D eigenvalue weighted by Gasteiger charge is -2.22. The molecule has 8 nitrogen and oxygen atoms in total. The number of thiazole rings is 1. The largest absolute Gasteiger partial charge is 0.444 e. The number of benzene rings is 1. The van der Waals surface area contributed by atoms with Gasteiger partial charge in [-0.05, 0) is 39.2 Å². The number of carbonyl (C=O) groups is 2. The Labute approximate surface area is 183 Å². The van der Waals surface area contributed by atoms with Crippen LogP contribution in [0.4, 0.5) is 10.7 Å². The fourth-order valence-electron chi connectivity index (χ4n) is 2.69. The number of amides is 2. The molecule has 2 N–H and O–H groups in total. The van der Waals surface area contributed by atoms with Gasteiger partial charge in [0.15, 0.2) is 0 Å². The summed E-state index contributed by atoms with van der Waals surface area (Å²) in [6.45, 7) is 5.32. The third-order valence-corrected chi connectivity index (χ3v) is 5.46. The lowest BCUT2D eigenvalue weighted by molar-refractivity contribution is -0.118. The van der Waals surface area contributed by atoms with E-state index in [-0.39, 0.29) is 11.9 Å². The molecule has 160 valence electrons. The van der Waals surface area contributed by atoms with Gasteiger partial charge in [-0.15, -0.1) is 16.4 Å². The summed E-state index contributed by atoms with van der Waals surface area (Å²) in [4.78, 5) is 30.0. The van der Waals surface area contributed by atoms with Crippen LogP contribution in [0.5, 0.6) is 0 Å². The number of aromatic nitrogens is 3. The first-order valence-electron chi connectivity index (χ1n) is 9.46. The molecule has 1 atom stereocenters. The normalized spacial score (nSPS) is 12.5. The maximum Gasteiger partial charge on any atom is 0.408 e. The Morgan fingerprint density at radius 3 is 2.67 bits per heavy atom. The second-order valence-electron chi connectivity index (χ2n) is 7.59. The number of anilines is 1. The molecule has 2 aromatic heterocycles. The van der Waals surface area contributed by atoms with Crippen molar-refractivity contribution in [3.63, 3.8) is 0 Å². The predicted octanol–water partition coefficient (Wildman–Crippen LogP) is 4.04. The molecule has 0 aliphatic heterocycles. The van der Waals surface area contributed by atoms with E-state index in [9.17, 15) is 9.59 Å². The van der Waals surface area contributed by atoms with Gasteiger partial charge in [-0.25, -0.2) is 9.31 Å². The Balaban J connectivity index is 1.74. The topological polar surface area (TPSA) is 97.6 Å². The van der Waals surface area contributed by atoms with Gasteiger partial charge in [0.1, 0.15) is 11.6 Å². The van der Waals surface area contributed by atoms with E-state index in [0.717, 1.165) is 11.3 Å². The van der Waals surface area contributed by atoms with E-state index in [2.05, 4.69) is 20.7 Å². The second-order valence-corrected chi connectivity index (χ2v) is 9.41. The summed E-state index contributed by atoms with van der Waals surface area (Å²) in [6.07, 6.45) is 1.77. The minimum Gasteiger partial charge on any atom is -0.444 e. The van der Waals surface area contributed by atoms with E-state index < -0.39 is 17.7 Å². The average molecular weight is 448 g/mol. The molecule has 0 saturated carbocycles. The van der Waals surface area contributed by atoms with E-state index in [1.807, 2.05) is 42.0 Å². The Morgan fingerprint density at radius 2 is 2.00 bits per heavy atom. The van der Waals surface area contributed by atoms with Gasteiger partial charge >= 0.3 is 6.09 Å². The SMILES string of the molecule is CSCCC(NC(=O)OC(C)(C)C)C(=O)Nc1nc2scc(-c3ccccc3)n2n1. The van der Waals surface area contributed by atoms with Crippen LogP contribution in [-0.4, -0.2) is 50.2 Å². The lowest BCUT2D eigenvalue weighted by Crippen LogP contribution is -2.46. The van der Waals surface area contributed by atoms with Gasteiger partial charge in [0.25, 0.3) is 5.95 Å². The van der Waals surface area contributed by atoms with Gasteiger partial charge in [0.2, 0.25) is 10.9 Å². The molecule has 0 aliphatic rings. The number of carbonyl (C=O) groups excluding carboxylic acids is 2. The van der Waals surface area contributed by atoms with Crippen molar-refractivity contribution in [2.24, 2.45) is 0 Å². The molecule has 0 radical (unpaired) electrons. The molecule has 30 heavy (non-hydrogen) atoms. The zero-order valence-electron chi connectivity index (χ0n) is 17.3. The van der Waals surface area contributed by atoms with Crippen LogP contribution in [0.25, 0.3) is 16.2 Å². The van der Waals surface area contributed by atoms with Crippen LogP contribution < -0.4 is 10.6 Å². The lowest BCUT2D eigenvalue weighted by atomic mass is 10.2. The van der Waals surface area contributed by atoms with Gasteiger partial charge in [0, 0.05) is 10.9 Å². The molecule has 0 spiro atoms. The van der Waals surface area contributed by atoms with E-state index >= 15 is 0 Å². The molecule has 3 aromatic rings. The quantitative estimate of drug-likeness (QED) is 0.567.